The lowest BCUT2D eigenvalue weighted by Gasteiger charge is -1.89. The second-order valence-electron chi connectivity index (χ2n) is 1.78. The van der Waals surface area contributed by atoms with Crippen molar-refractivity contribution in [3.05, 3.63) is 38.5 Å². The van der Waals surface area contributed by atoms with Crippen molar-refractivity contribution < 1.29 is 9.31 Å². The summed E-state index contributed by atoms with van der Waals surface area (Å²) in [5.74, 6) is -1.22. The monoisotopic (exact) mass is 158 g/mol. The molecule has 11 heavy (non-hydrogen) atoms. The van der Waals surface area contributed by atoms with Crippen LogP contribution < -0.4 is 5.56 Å². The molecule has 1 heterocycles. The molecule has 5 nitrogen and oxygen atoms in total. The van der Waals surface area contributed by atoms with Gasteiger partial charge in [0.25, 0.3) is 11.5 Å². The van der Waals surface area contributed by atoms with Crippen LogP contribution in [0.25, 0.3) is 0 Å². The second kappa shape index (κ2) is 2.49. The van der Waals surface area contributed by atoms with Gasteiger partial charge in [0.05, 0.1) is 4.92 Å². The highest BCUT2D eigenvalue weighted by atomic mass is 19.1. The third kappa shape index (κ3) is 1.40. The van der Waals surface area contributed by atoms with Crippen LogP contribution in [0.5, 0.6) is 0 Å². The number of halogens is 1. The van der Waals surface area contributed by atoms with Crippen molar-refractivity contribution in [2.45, 2.75) is 0 Å². The van der Waals surface area contributed by atoms with Gasteiger partial charge in [0, 0.05) is 12.1 Å². The summed E-state index contributed by atoms with van der Waals surface area (Å²) < 4.78 is 12.4. The van der Waals surface area contributed by atoms with Gasteiger partial charge in [-0.25, -0.2) is 0 Å². The minimum absolute atomic E-state index is 0.701. The van der Waals surface area contributed by atoms with Crippen LogP contribution in [0.1, 0.15) is 0 Å². The molecule has 1 rings (SSSR count). The van der Waals surface area contributed by atoms with E-state index in [1.165, 1.54) is 0 Å². The summed E-state index contributed by atoms with van der Waals surface area (Å²) in [7, 11) is 0. The lowest BCUT2D eigenvalue weighted by atomic mass is 10.4. The standard InChI is InChI=1S/C5H3FN2O3/c6-5-3(8(10)11)1-2-4(9)7-5/h1-2H,(H,7,9). The van der Waals surface area contributed by atoms with Crippen molar-refractivity contribution in [2.75, 3.05) is 0 Å². The third-order valence-electron chi connectivity index (χ3n) is 1.05. The molecule has 0 aliphatic rings. The molecule has 0 unspecified atom stereocenters. The maximum Gasteiger partial charge on any atom is 0.322 e. The van der Waals surface area contributed by atoms with Crippen LogP contribution in [-0.4, -0.2) is 9.91 Å². The molecule has 1 N–H and O–H groups in total. The van der Waals surface area contributed by atoms with Gasteiger partial charge in [-0.15, -0.1) is 0 Å². The first-order valence-corrected chi connectivity index (χ1v) is 2.64. The molecular weight excluding hydrogens is 155 g/mol. The summed E-state index contributed by atoms with van der Waals surface area (Å²) >= 11 is 0. The first-order chi connectivity index (χ1) is 5.11. The van der Waals surface area contributed by atoms with Gasteiger partial charge < -0.3 is 0 Å². The highest BCUT2D eigenvalue weighted by molar-refractivity contribution is 5.25. The molecule has 6 heteroatoms. The predicted octanol–water partition coefficient (Wildman–Crippen LogP) is 0.422. The number of nitrogens with one attached hydrogen (secondary N) is 1. The minimum Gasteiger partial charge on any atom is -0.293 e. The number of hydrogen-bond donors (Lipinski definition) is 1. The number of nitrogens with zero attached hydrogens (tertiary/aromatic N) is 1. The van der Waals surface area contributed by atoms with Gasteiger partial charge in [-0.05, 0) is 0 Å². The van der Waals surface area contributed by atoms with Crippen molar-refractivity contribution in [2.24, 2.45) is 0 Å². The van der Waals surface area contributed by atoms with Gasteiger partial charge >= 0.3 is 5.69 Å². The van der Waals surface area contributed by atoms with Gasteiger partial charge in [0.15, 0.2) is 0 Å². The molecular formula is C5H3FN2O3. The van der Waals surface area contributed by atoms with E-state index in [0.717, 1.165) is 12.1 Å². The number of pyridine rings is 1. The summed E-state index contributed by atoms with van der Waals surface area (Å²) in [6.07, 6.45) is 0. The fraction of sp³-hybridized carbons (Fsp3) is 0. The van der Waals surface area contributed by atoms with Gasteiger partial charge in [-0.1, -0.05) is 0 Å². The summed E-state index contributed by atoms with van der Waals surface area (Å²) in [6, 6.07) is 1.70. The molecule has 0 amide bonds. The molecule has 1 aromatic heterocycles. The molecule has 0 radical (unpaired) electrons. The maximum absolute atomic E-state index is 12.4. The summed E-state index contributed by atoms with van der Waals surface area (Å²) in [5, 5.41) is 9.98. The zero-order chi connectivity index (χ0) is 8.43. The fourth-order valence-corrected chi connectivity index (χ4v) is 0.583. The summed E-state index contributed by atoms with van der Waals surface area (Å²) in [6.45, 7) is 0. The Hall–Kier alpha value is -1.72. The lowest BCUT2D eigenvalue weighted by Crippen LogP contribution is -2.07. The Labute approximate surface area is 59.6 Å². The van der Waals surface area contributed by atoms with E-state index in [0.29, 0.717) is 0 Å². The number of hydrogen-bond acceptors (Lipinski definition) is 3. The molecule has 58 valence electrons. The minimum atomic E-state index is -1.22. The Morgan fingerprint density at radius 3 is 2.64 bits per heavy atom. The van der Waals surface area contributed by atoms with E-state index in [-0.39, 0.29) is 0 Å². The SMILES string of the molecule is O=c1ccc([N+](=O)[O-])c(F)[nH]1. The Balaban J connectivity index is 3.31. The first kappa shape index (κ1) is 7.39. The number of aromatic amines is 1. The zero-order valence-electron chi connectivity index (χ0n) is 5.20. The quantitative estimate of drug-likeness (QED) is 0.365. The molecule has 0 aliphatic carbocycles. The smallest absolute Gasteiger partial charge is 0.293 e. The van der Waals surface area contributed by atoms with Crippen LogP contribution in [0.15, 0.2) is 16.9 Å². The highest BCUT2D eigenvalue weighted by Gasteiger charge is 2.12. The van der Waals surface area contributed by atoms with E-state index < -0.39 is 22.1 Å². The maximum atomic E-state index is 12.4. The highest BCUT2D eigenvalue weighted by Crippen LogP contribution is 2.09. The van der Waals surface area contributed by atoms with Gasteiger partial charge in [-0.2, -0.15) is 4.39 Å². The Kier molecular flexibility index (Phi) is 1.67. The topological polar surface area (TPSA) is 76.0 Å². The lowest BCUT2D eigenvalue weighted by molar-refractivity contribution is -0.388. The molecule has 0 fully saturated rings. The van der Waals surface area contributed by atoms with Gasteiger partial charge in [0.1, 0.15) is 0 Å². The van der Waals surface area contributed by atoms with E-state index in [4.69, 9.17) is 0 Å². The molecule has 0 bridgehead atoms. The van der Waals surface area contributed by atoms with Crippen molar-refractivity contribution in [3.63, 3.8) is 0 Å². The van der Waals surface area contributed by atoms with Crippen molar-refractivity contribution >= 4 is 5.69 Å². The normalized spacial score (nSPS) is 9.55. The average Bonchev–Trinajstić information content (AvgIpc) is 1.85. The van der Waals surface area contributed by atoms with Gasteiger partial charge in [-0.3, -0.25) is 19.9 Å². The Morgan fingerprint density at radius 1 is 1.55 bits per heavy atom. The molecule has 1 aromatic rings. The van der Waals surface area contributed by atoms with Crippen molar-refractivity contribution in [1.29, 1.82) is 0 Å². The van der Waals surface area contributed by atoms with E-state index in [1.54, 1.807) is 4.98 Å². The second-order valence-corrected chi connectivity index (χ2v) is 1.78. The molecule has 0 spiro atoms. The van der Waals surface area contributed by atoms with Crippen LogP contribution in [0.3, 0.4) is 0 Å². The van der Waals surface area contributed by atoms with Crippen molar-refractivity contribution in [3.8, 4) is 0 Å². The van der Waals surface area contributed by atoms with E-state index >= 15 is 0 Å². The zero-order valence-corrected chi connectivity index (χ0v) is 5.20. The van der Waals surface area contributed by atoms with Crippen molar-refractivity contribution in [1.82, 2.24) is 4.98 Å². The number of rotatable bonds is 1. The summed E-state index contributed by atoms with van der Waals surface area (Å²) in [5.41, 5.74) is -1.43. The molecule has 0 saturated carbocycles. The Morgan fingerprint density at radius 2 is 2.18 bits per heavy atom. The first-order valence-electron chi connectivity index (χ1n) is 2.64. The van der Waals surface area contributed by atoms with Crippen LogP contribution in [0.2, 0.25) is 0 Å². The number of nitro groups is 1. The molecule has 0 aliphatic heterocycles. The number of H-pyrrole nitrogens is 1. The largest absolute Gasteiger partial charge is 0.322 e. The van der Waals surface area contributed by atoms with Gasteiger partial charge in [0.2, 0.25) is 0 Å². The van der Waals surface area contributed by atoms with E-state index in [9.17, 15) is 19.3 Å². The average molecular weight is 158 g/mol. The predicted molar refractivity (Wildman–Crippen MR) is 33.7 cm³/mol. The Bertz CT molecular complexity index is 346. The van der Waals surface area contributed by atoms with E-state index in [1.807, 2.05) is 0 Å². The molecule has 0 atom stereocenters. The third-order valence-corrected chi connectivity index (χ3v) is 1.05. The molecule has 0 aromatic carbocycles. The van der Waals surface area contributed by atoms with Crippen LogP contribution >= 0.6 is 0 Å². The van der Waals surface area contributed by atoms with Crippen LogP contribution in [-0.2, 0) is 0 Å². The van der Waals surface area contributed by atoms with Crippen LogP contribution in [0, 0.1) is 16.1 Å². The fourth-order valence-electron chi connectivity index (χ4n) is 0.583. The number of aromatic nitrogens is 1. The van der Waals surface area contributed by atoms with E-state index in [2.05, 4.69) is 0 Å². The van der Waals surface area contributed by atoms with Crippen LogP contribution in [0.4, 0.5) is 10.1 Å². The summed E-state index contributed by atoms with van der Waals surface area (Å²) in [4.78, 5) is 21.1. The molecule has 0 saturated heterocycles.